The van der Waals surface area contributed by atoms with Crippen molar-refractivity contribution in [3.05, 3.63) is 132 Å². The van der Waals surface area contributed by atoms with Gasteiger partial charge in [0.2, 0.25) is 0 Å². The molecule has 0 spiro atoms. The molecule has 0 saturated heterocycles. The average molecular weight is 799 g/mol. The molecule has 9 rings (SSSR count). The molecular weight excluding hydrogens is 755 g/mol. The summed E-state index contributed by atoms with van der Waals surface area (Å²) >= 11 is 0. The number of fused-ring (bicyclic) bond motifs is 8. The Balaban J connectivity index is 0.000000163. The maximum absolute atomic E-state index is 8.48. The first-order chi connectivity index (χ1) is 24.4. The van der Waals surface area contributed by atoms with Gasteiger partial charge in [0.25, 0.3) is 0 Å². The summed E-state index contributed by atoms with van der Waals surface area (Å²) in [6.07, 6.45) is 5.04. The molecule has 1 radical (unpaired) electrons. The number of anilines is 2. The Morgan fingerprint density at radius 2 is 1.74 bits per heavy atom. The quantitative estimate of drug-likeness (QED) is 0.167. The fourth-order valence-electron chi connectivity index (χ4n) is 7.56. The maximum atomic E-state index is 8.48. The van der Waals surface area contributed by atoms with Crippen molar-refractivity contribution in [1.82, 2.24) is 9.97 Å². The molecule has 3 atom stereocenters. The molecule has 1 saturated carbocycles. The molecule has 3 aliphatic rings. The van der Waals surface area contributed by atoms with Gasteiger partial charge < -0.3 is 19.3 Å². The van der Waals surface area contributed by atoms with Gasteiger partial charge in [-0.15, -0.1) is 65.2 Å². The number of nitrogens with zero attached hydrogens (tertiary/aromatic N) is 3. The molecule has 3 unspecified atom stereocenters. The molecule has 6 aromatic rings. The Kier molecular flexibility index (Phi) is 6.92. The van der Waals surface area contributed by atoms with E-state index in [0.717, 1.165) is 16.8 Å². The third-order valence-corrected chi connectivity index (χ3v) is 9.29. The van der Waals surface area contributed by atoms with Gasteiger partial charge in [-0.1, -0.05) is 63.1 Å². The number of furan rings is 1. The number of para-hydroxylation sites is 1. The molecule has 5 heterocycles. The second kappa shape index (κ2) is 12.5. The Bertz CT molecular complexity index is 2230. The van der Waals surface area contributed by atoms with Crippen LogP contribution >= 0.6 is 0 Å². The van der Waals surface area contributed by atoms with Crippen LogP contribution in [-0.2, 0) is 26.5 Å². The van der Waals surface area contributed by atoms with Crippen molar-refractivity contribution in [2.24, 2.45) is 5.41 Å². The molecule has 0 amide bonds. The summed E-state index contributed by atoms with van der Waals surface area (Å²) in [7, 11) is 0. The monoisotopic (exact) mass is 799 g/mol. The van der Waals surface area contributed by atoms with E-state index in [1.807, 2.05) is 30.5 Å². The molecule has 0 N–H and O–H groups in total. The Hall–Kier alpha value is -4.05. The zero-order valence-corrected chi connectivity index (χ0v) is 29.1. The predicted octanol–water partition coefficient (Wildman–Crippen LogP) is 10.6. The topological polar surface area (TPSA) is 42.2 Å². The fourth-order valence-corrected chi connectivity index (χ4v) is 7.56. The van der Waals surface area contributed by atoms with Gasteiger partial charge >= 0.3 is 0 Å². The van der Waals surface area contributed by atoms with Crippen molar-refractivity contribution >= 4 is 22.3 Å². The number of pyridine rings is 2. The zero-order chi connectivity index (χ0) is 35.7. The van der Waals surface area contributed by atoms with Crippen molar-refractivity contribution in [1.29, 1.82) is 0 Å². The molecule has 4 nitrogen and oxygen atoms in total. The van der Waals surface area contributed by atoms with Crippen LogP contribution in [0.5, 0.6) is 0 Å². The standard InChI is InChI=1S/C25H19N2O.C17H20N.Ir/c1-2-13-21-18(7-1)24-25(28-21)19-11-6-9-16-15-8-5-10-17(20-12-3-4-14-26-20)22(15)27(24)23(16)19;1-13-12-18-16(14-8-6-5-7-9-14)10-15(13)11-17(2,3)4;/h1-5,7-8,12-14,16,19,23H,6,9,11H2;5-8,10,12H,11H2,1-4H3;/q2*-1;/i;1D3,11D2;. The van der Waals surface area contributed by atoms with E-state index in [0.29, 0.717) is 29.1 Å². The van der Waals surface area contributed by atoms with Gasteiger partial charge in [-0.25, -0.2) is 0 Å². The summed E-state index contributed by atoms with van der Waals surface area (Å²) < 4.78 is 46.5. The number of hydrogen-bond donors (Lipinski definition) is 0. The SMILES string of the molecule is [2H]C([2H])([2H])c1cnc(-c2[c-]cccc2)cc1C([2H])([2H])C(C)(C)C.[Ir].[c-]1ccc2c(c1-c1ccccn1)N1c3c(oc4ccccc34)C3CCCC2C31. The summed E-state index contributed by atoms with van der Waals surface area (Å²) in [5.41, 5.74) is 7.74. The molecule has 5 heteroatoms. The van der Waals surface area contributed by atoms with Crippen molar-refractivity contribution in [2.45, 2.75) is 71.1 Å². The van der Waals surface area contributed by atoms with E-state index in [-0.39, 0.29) is 31.2 Å². The molecule has 0 bridgehead atoms. The van der Waals surface area contributed by atoms with E-state index in [4.69, 9.17) is 11.3 Å². The van der Waals surface area contributed by atoms with Crippen molar-refractivity contribution < 1.29 is 31.4 Å². The van der Waals surface area contributed by atoms with Gasteiger partial charge in [0.05, 0.1) is 5.69 Å². The molecule has 2 aliphatic heterocycles. The van der Waals surface area contributed by atoms with Gasteiger partial charge in [-0.3, -0.25) is 0 Å². The third kappa shape index (κ3) is 5.64. The Morgan fingerprint density at radius 3 is 2.53 bits per heavy atom. The number of aryl methyl sites for hydroxylation is 1. The number of hydrogen-bond acceptors (Lipinski definition) is 4. The first-order valence-corrected chi connectivity index (χ1v) is 16.1. The van der Waals surface area contributed by atoms with Crippen LogP contribution in [-0.4, -0.2) is 16.0 Å². The van der Waals surface area contributed by atoms with Crippen LogP contribution in [0.4, 0.5) is 11.4 Å². The van der Waals surface area contributed by atoms with Gasteiger partial charge in [-0.05, 0) is 78.2 Å². The van der Waals surface area contributed by atoms with E-state index >= 15 is 0 Å². The van der Waals surface area contributed by atoms with Crippen molar-refractivity contribution in [2.75, 3.05) is 4.90 Å². The first-order valence-electron chi connectivity index (χ1n) is 18.6. The van der Waals surface area contributed by atoms with Crippen LogP contribution in [0.2, 0.25) is 0 Å². The second-order valence-corrected chi connectivity index (χ2v) is 13.5. The van der Waals surface area contributed by atoms with E-state index in [1.165, 1.54) is 53.5 Å². The number of benzene rings is 3. The molecule has 1 fully saturated rings. The summed E-state index contributed by atoms with van der Waals surface area (Å²) in [5.74, 6) is 2.23. The minimum absolute atomic E-state index is 0. The molecule has 3 aromatic carbocycles. The Morgan fingerprint density at radius 1 is 0.915 bits per heavy atom. The minimum atomic E-state index is -2.42. The van der Waals surface area contributed by atoms with Gasteiger partial charge in [0.1, 0.15) is 11.3 Å². The average Bonchev–Trinajstić information content (AvgIpc) is 3.77. The first kappa shape index (κ1) is 26.0. The maximum Gasteiger partial charge on any atom is 0.136 e. The number of rotatable bonds is 3. The number of aromatic nitrogens is 2. The fraction of sp³-hybridized carbons (Fsp3) is 0.286. The summed E-state index contributed by atoms with van der Waals surface area (Å²) in [5, 5.41) is 1.23. The normalized spacial score (nSPS) is 21.0. The van der Waals surface area contributed by atoms with Crippen LogP contribution in [0, 0.1) is 24.4 Å². The summed E-state index contributed by atoms with van der Waals surface area (Å²) in [6, 6.07) is 34.8. The molecule has 47 heavy (non-hydrogen) atoms. The molecule has 1 aliphatic carbocycles. The van der Waals surface area contributed by atoms with Crippen LogP contribution in [0.15, 0.2) is 102 Å². The van der Waals surface area contributed by atoms with E-state index in [1.54, 1.807) is 32.9 Å². The largest absolute Gasteiger partial charge is 0.458 e. The molecule has 3 aromatic heterocycles. The summed E-state index contributed by atoms with van der Waals surface area (Å²) in [6.45, 7) is 2.85. The second-order valence-electron chi connectivity index (χ2n) is 13.5. The van der Waals surface area contributed by atoms with E-state index in [9.17, 15) is 0 Å². The van der Waals surface area contributed by atoms with Gasteiger partial charge in [0, 0.05) is 56.7 Å². The predicted molar refractivity (Wildman–Crippen MR) is 186 cm³/mol. The van der Waals surface area contributed by atoms with E-state index < -0.39 is 18.6 Å². The Labute approximate surface area is 298 Å². The minimum Gasteiger partial charge on any atom is -0.458 e. The van der Waals surface area contributed by atoms with Crippen molar-refractivity contribution in [3.8, 4) is 22.5 Å². The van der Waals surface area contributed by atoms with Crippen LogP contribution in [0.25, 0.3) is 33.5 Å². The third-order valence-electron chi connectivity index (χ3n) is 9.29. The molecular formula is C42H39IrN3O-2. The molecule has 239 valence electrons. The van der Waals surface area contributed by atoms with E-state index in [2.05, 4.69) is 75.5 Å². The van der Waals surface area contributed by atoms with Gasteiger partial charge in [0.15, 0.2) is 0 Å². The van der Waals surface area contributed by atoms with Crippen LogP contribution in [0.3, 0.4) is 0 Å². The smallest absolute Gasteiger partial charge is 0.136 e. The summed E-state index contributed by atoms with van der Waals surface area (Å²) in [4.78, 5) is 11.5. The zero-order valence-electron chi connectivity index (χ0n) is 31.7. The van der Waals surface area contributed by atoms with Crippen LogP contribution < -0.4 is 4.90 Å². The van der Waals surface area contributed by atoms with Crippen LogP contribution in [0.1, 0.15) is 81.2 Å². The van der Waals surface area contributed by atoms with Crippen molar-refractivity contribution in [3.63, 3.8) is 0 Å². The van der Waals surface area contributed by atoms with Gasteiger partial charge in [-0.2, -0.15) is 0 Å².